The average Bonchev–Trinajstić information content (AvgIpc) is 3.32. The van der Waals surface area contributed by atoms with Crippen LogP contribution in [0.15, 0.2) is 54.6 Å². The third kappa shape index (κ3) is 4.42. The van der Waals surface area contributed by atoms with Gasteiger partial charge in [-0.3, -0.25) is 9.59 Å². The summed E-state index contributed by atoms with van der Waals surface area (Å²) in [4.78, 5) is 37.5. The maximum absolute atomic E-state index is 12.9. The molecule has 0 radical (unpaired) electrons. The zero-order chi connectivity index (χ0) is 22.1. The molecule has 0 saturated heterocycles. The molecule has 3 N–H and O–H groups in total. The normalized spacial score (nSPS) is 10.8. The number of amides is 2. The third-order valence-electron chi connectivity index (χ3n) is 4.29. The molecule has 6 nitrogen and oxygen atoms in total. The summed E-state index contributed by atoms with van der Waals surface area (Å²) in [6.45, 7) is 0. The maximum Gasteiger partial charge on any atom is 0.337 e. The third-order valence-corrected chi connectivity index (χ3v) is 7.20. The van der Waals surface area contributed by atoms with Crippen molar-refractivity contribution < 1.29 is 19.5 Å². The minimum absolute atomic E-state index is 0.0352. The van der Waals surface area contributed by atoms with Gasteiger partial charge in [0, 0.05) is 15.8 Å². The summed E-state index contributed by atoms with van der Waals surface area (Å²) in [5.74, 6) is -2.16. The molecule has 0 atom stereocenters. The highest BCUT2D eigenvalue weighted by Crippen LogP contribution is 2.36. The summed E-state index contributed by atoms with van der Waals surface area (Å²) < 4.78 is 1.31. The van der Waals surface area contributed by atoms with Crippen molar-refractivity contribution in [2.24, 2.45) is 0 Å². The Morgan fingerprint density at radius 2 is 1.65 bits per heavy atom. The smallest absolute Gasteiger partial charge is 0.337 e. The van der Waals surface area contributed by atoms with Gasteiger partial charge in [0.15, 0.2) is 0 Å². The van der Waals surface area contributed by atoms with E-state index in [0.29, 0.717) is 19.9 Å². The van der Waals surface area contributed by atoms with Crippen molar-refractivity contribution in [3.63, 3.8) is 0 Å². The molecular weight excluding hydrogens is 479 g/mol. The monoisotopic (exact) mass is 490 g/mol. The van der Waals surface area contributed by atoms with E-state index in [1.54, 1.807) is 18.2 Å². The van der Waals surface area contributed by atoms with Crippen LogP contribution in [0, 0.1) is 0 Å². The number of carboxylic acid groups (broad SMARTS) is 1. The van der Waals surface area contributed by atoms with Crippen LogP contribution in [0.5, 0.6) is 0 Å². The van der Waals surface area contributed by atoms with E-state index >= 15 is 0 Å². The molecule has 0 aliphatic carbocycles. The van der Waals surface area contributed by atoms with Crippen LogP contribution in [0.4, 0.5) is 11.4 Å². The van der Waals surface area contributed by atoms with Gasteiger partial charge in [-0.2, -0.15) is 0 Å². The molecule has 0 spiro atoms. The highest BCUT2D eigenvalue weighted by atomic mass is 35.5. The van der Waals surface area contributed by atoms with Gasteiger partial charge >= 0.3 is 5.97 Å². The average molecular weight is 491 g/mol. The molecule has 2 aromatic carbocycles. The molecule has 156 valence electrons. The molecule has 2 aromatic heterocycles. The van der Waals surface area contributed by atoms with Crippen LogP contribution < -0.4 is 10.6 Å². The molecule has 2 amide bonds. The molecule has 0 aliphatic rings. The molecular formula is C21H12Cl2N2O4S2. The first-order valence-corrected chi connectivity index (χ1v) is 11.1. The molecule has 0 bridgehead atoms. The van der Waals surface area contributed by atoms with E-state index in [9.17, 15) is 19.5 Å². The van der Waals surface area contributed by atoms with Gasteiger partial charge in [0.05, 0.1) is 25.5 Å². The molecule has 0 fully saturated rings. The van der Waals surface area contributed by atoms with Gasteiger partial charge < -0.3 is 15.7 Å². The zero-order valence-electron chi connectivity index (χ0n) is 15.4. The summed E-state index contributed by atoms with van der Waals surface area (Å²) in [6, 6.07) is 14.6. The van der Waals surface area contributed by atoms with Gasteiger partial charge in [-0.25, -0.2) is 4.79 Å². The highest BCUT2D eigenvalue weighted by Gasteiger charge is 2.20. The second-order valence-electron chi connectivity index (χ2n) is 6.32. The Morgan fingerprint density at radius 3 is 2.32 bits per heavy atom. The Morgan fingerprint density at radius 1 is 0.871 bits per heavy atom. The van der Waals surface area contributed by atoms with Crippen molar-refractivity contribution in [2.75, 3.05) is 10.6 Å². The van der Waals surface area contributed by atoms with Crippen LogP contribution in [-0.4, -0.2) is 22.9 Å². The number of fused-ring (bicyclic) bond motifs is 1. The Labute approximate surface area is 194 Å². The number of carbonyl (C=O) groups excluding carboxylic acids is 2. The summed E-state index contributed by atoms with van der Waals surface area (Å²) in [7, 11) is 0. The van der Waals surface area contributed by atoms with E-state index in [0.717, 1.165) is 21.4 Å². The predicted octanol–water partition coefficient (Wildman–Crippen LogP) is 6.47. The lowest BCUT2D eigenvalue weighted by Gasteiger charge is -2.11. The lowest BCUT2D eigenvalue weighted by Crippen LogP contribution is -2.15. The number of thiophene rings is 2. The molecule has 0 unspecified atom stereocenters. The number of nitrogens with one attached hydrogen (secondary N) is 2. The number of anilines is 2. The molecule has 4 rings (SSSR count). The van der Waals surface area contributed by atoms with Gasteiger partial charge in [0.2, 0.25) is 0 Å². The lowest BCUT2D eigenvalue weighted by molar-refractivity contribution is 0.0698. The van der Waals surface area contributed by atoms with Crippen molar-refractivity contribution >= 4 is 85.1 Å². The molecule has 31 heavy (non-hydrogen) atoms. The Kier molecular flexibility index (Phi) is 5.97. The summed E-state index contributed by atoms with van der Waals surface area (Å²) in [5, 5.41) is 15.8. The van der Waals surface area contributed by atoms with Crippen molar-refractivity contribution in [1.29, 1.82) is 0 Å². The number of carbonyl (C=O) groups is 3. The number of benzene rings is 2. The number of hydrogen-bond acceptors (Lipinski definition) is 5. The largest absolute Gasteiger partial charge is 0.478 e. The van der Waals surface area contributed by atoms with Crippen LogP contribution in [-0.2, 0) is 0 Å². The van der Waals surface area contributed by atoms with E-state index in [4.69, 9.17) is 23.2 Å². The number of hydrogen-bond donors (Lipinski definition) is 3. The fourth-order valence-electron chi connectivity index (χ4n) is 2.88. The van der Waals surface area contributed by atoms with Gasteiger partial charge in [0.1, 0.15) is 4.88 Å². The molecule has 0 aliphatic heterocycles. The van der Waals surface area contributed by atoms with Gasteiger partial charge in [-0.05, 0) is 36.4 Å². The van der Waals surface area contributed by atoms with E-state index in [2.05, 4.69) is 10.6 Å². The molecule has 4 aromatic rings. The Bertz CT molecular complexity index is 1350. The second-order valence-corrected chi connectivity index (χ2v) is 9.46. The lowest BCUT2D eigenvalue weighted by atomic mass is 10.1. The fraction of sp³-hybridized carbons (Fsp3) is 0. The topological polar surface area (TPSA) is 95.5 Å². The molecule has 0 saturated carbocycles. The fourth-order valence-corrected chi connectivity index (χ4v) is 5.23. The number of carboxylic acids is 1. The minimum atomic E-state index is -1.22. The van der Waals surface area contributed by atoms with E-state index < -0.39 is 17.8 Å². The number of rotatable bonds is 5. The summed E-state index contributed by atoms with van der Waals surface area (Å²) in [6.07, 6.45) is 0. The predicted molar refractivity (Wildman–Crippen MR) is 125 cm³/mol. The second kappa shape index (κ2) is 8.68. The Hall–Kier alpha value is -2.91. The zero-order valence-corrected chi connectivity index (χ0v) is 18.6. The van der Waals surface area contributed by atoms with Gasteiger partial charge in [-0.15, -0.1) is 22.7 Å². The van der Waals surface area contributed by atoms with Crippen molar-refractivity contribution in [1.82, 2.24) is 0 Å². The van der Waals surface area contributed by atoms with Crippen LogP contribution in [0.2, 0.25) is 9.36 Å². The van der Waals surface area contributed by atoms with E-state index in [1.807, 2.05) is 18.2 Å². The van der Waals surface area contributed by atoms with Crippen LogP contribution in [0.3, 0.4) is 0 Å². The van der Waals surface area contributed by atoms with Gasteiger partial charge in [-0.1, -0.05) is 41.4 Å². The maximum atomic E-state index is 12.9. The molecule has 2 heterocycles. The van der Waals surface area contributed by atoms with Crippen LogP contribution >= 0.6 is 45.9 Å². The minimum Gasteiger partial charge on any atom is -0.478 e. The van der Waals surface area contributed by atoms with Crippen LogP contribution in [0.25, 0.3) is 10.1 Å². The quantitative estimate of drug-likeness (QED) is 0.298. The standard InChI is InChI=1S/C21H12Cl2N2O4S2/c22-16-8-7-15(30-16)19(26)24-10-5-6-11(21(28)29)13(9-10)25-20(27)18-17(23)12-3-1-2-4-14(12)31-18/h1-9H,(H,24,26)(H,25,27)(H,28,29). The first-order chi connectivity index (χ1) is 14.8. The van der Waals surface area contributed by atoms with Gasteiger partial charge in [0.25, 0.3) is 11.8 Å². The Balaban J connectivity index is 1.63. The van der Waals surface area contributed by atoms with E-state index in [-0.39, 0.29) is 16.1 Å². The van der Waals surface area contributed by atoms with Crippen LogP contribution in [0.1, 0.15) is 29.7 Å². The highest BCUT2D eigenvalue weighted by molar-refractivity contribution is 7.21. The van der Waals surface area contributed by atoms with Crippen molar-refractivity contribution in [3.8, 4) is 0 Å². The summed E-state index contributed by atoms with van der Waals surface area (Å²) in [5.41, 5.74) is 0.230. The first kappa shape index (κ1) is 21.3. The number of aromatic carboxylic acids is 1. The first-order valence-electron chi connectivity index (χ1n) is 8.76. The SMILES string of the molecule is O=C(Nc1ccc(C(=O)O)c(NC(=O)c2sc3ccccc3c2Cl)c1)c1ccc(Cl)s1. The van der Waals surface area contributed by atoms with Crippen molar-refractivity contribution in [2.45, 2.75) is 0 Å². The van der Waals surface area contributed by atoms with E-state index in [1.165, 1.54) is 29.5 Å². The molecule has 10 heteroatoms. The summed E-state index contributed by atoms with van der Waals surface area (Å²) >= 11 is 14.5. The van der Waals surface area contributed by atoms with Crippen molar-refractivity contribution in [3.05, 3.63) is 79.3 Å². The number of halogens is 2.